The van der Waals surface area contributed by atoms with Crippen LogP contribution in [0.5, 0.6) is 0 Å². The van der Waals surface area contributed by atoms with Gasteiger partial charge in [0.15, 0.2) is 6.29 Å². The van der Waals surface area contributed by atoms with Gasteiger partial charge in [0.1, 0.15) is 5.82 Å². The van der Waals surface area contributed by atoms with E-state index in [1.807, 2.05) is 0 Å². The first kappa shape index (κ1) is 10.3. The van der Waals surface area contributed by atoms with E-state index in [0.717, 1.165) is 5.56 Å². The zero-order valence-corrected chi connectivity index (χ0v) is 8.24. The molecule has 0 amide bonds. The number of carbonyl (C=O) groups is 1. The van der Waals surface area contributed by atoms with Gasteiger partial charge in [-0.1, -0.05) is 12.1 Å². The summed E-state index contributed by atoms with van der Waals surface area (Å²) in [4.78, 5) is 24.2. The number of H-pyrrole nitrogens is 1. The Morgan fingerprint density at radius 1 is 1.12 bits per heavy atom. The van der Waals surface area contributed by atoms with Gasteiger partial charge in [-0.2, -0.15) is 0 Å². The Balaban J connectivity index is 2.52. The van der Waals surface area contributed by atoms with Gasteiger partial charge in [0.2, 0.25) is 0 Å². The highest BCUT2D eigenvalue weighted by Crippen LogP contribution is 2.18. The van der Waals surface area contributed by atoms with Crippen LogP contribution in [-0.2, 0) is 0 Å². The molecule has 0 atom stereocenters. The van der Waals surface area contributed by atoms with Crippen LogP contribution in [0.25, 0.3) is 11.1 Å². The number of hydrogen-bond donors (Lipinski definition) is 1. The fourth-order valence-electron chi connectivity index (χ4n) is 1.40. The molecule has 0 aliphatic carbocycles. The van der Waals surface area contributed by atoms with Gasteiger partial charge in [-0.15, -0.1) is 0 Å². The number of nitrogens with one attached hydrogen (secondary N) is 1. The Labute approximate surface area is 90.6 Å². The number of aromatic nitrogens is 1. The maximum absolute atomic E-state index is 12.7. The first-order valence-corrected chi connectivity index (χ1v) is 4.64. The lowest BCUT2D eigenvalue weighted by Crippen LogP contribution is -2.10. The summed E-state index contributed by atoms with van der Waals surface area (Å²) in [6, 6.07) is 7.27. The molecule has 0 bridgehead atoms. The first-order valence-electron chi connectivity index (χ1n) is 4.64. The Bertz CT molecular complexity index is 572. The highest BCUT2D eigenvalue weighted by Gasteiger charge is 2.02. The van der Waals surface area contributed by atoms with Crippen molar-refractivity contribution in [3.8, 4) is 11.1 Å². The van der Waals surface area contributed by atoms with E-state index in [1.54, 1.807) is 12.1 Å². The Morgan fingerprint density at radius 2 is 1.81 bits per heavy atom. The molecule has 1 aromatic heterocycles. The van der Waals surface area contributed by atoms with Gasteiger partial charge in [-0.3, -0.25) is 9.59 Å². The fraction of sp³-hybridized carbons (Fsp3) is 0. The number of pyridine rings is 1. The van der Waals surface area contributed by atoms with Gasteiger partial charge in [0.05, 0.1) is 5.56 Å². The third-order valence-electron chi connectivity index (χ3n) is 2.24. The van der Waals surface area contributed by atoms with Crippen molar-refractivity contribution >= 4 is 6.29 Å². The van der Waals surface area contributed by atoms with Crippen molar-refractivity contribution in [2.45, 2.75) is 0 Å². The molecule has 16 heavy (non-hydrogen) atoms. The van der Waals surface area contributed by atoms with Crippen molar-refractivity contribution in [1.82, 2.24) is 4.98 Å². The summed E-state index contributed by atoms with van der Waals surface area (Å²) in [5, 5.41) is 0. The highest BCUT2D eigenvalue weighted by molar-refractivity contribution is 5.77. The molecule has 0 unspecified atom stereocenters. The van der Waals surface area contributed by atoms with Gasteiger partial charge in [0, 0.05) is 6.20 Å². The summed E-state index contributed by atoms with van der Waals surface area (Å²) in [6.07, 6.45) is 1.98. The minimum atomic E-state index is -0.430. The number of aromatic amines is 1. The molecule has 0 aliphatic rings. The van der Waals surface area contributed by atoms with E-state index in [1.165, 1.54) is 24.4 Å². The van der Waals surface area contributed by atoms with Crippen LogP contribution in [-0.4, -0.2) is 11.3 Å². The van der Waals surface area contributed by atoms with E-state index in [0.29, 0.717) is 11.8 Å². The molecule has 0 saturated heterocycles. The van der Waals surface area contributed by atoms with Crippen LogP contribution in [0.4, 0.5) is 4.39 Å². The topological polar surface area (TPSA) is 49.9 Å². The minimum absolute atomic E-state index is 0.0572. The number of carbonyl (C=O) groups excluding carboxylic acids is 1. The maximum Gasteiger partial charge on any atom is 0.258 e. The Kier molecular flexibility index (Phi) is 2.64. The van der Waals surface area contributed by atoms with E-state index in [9.17, 15) is 14.0 Å². The first-order chi connectivity index (χ1) is 7.70. The molecular formula is C12H8FNO2. The molecule has 0 saturated carbocycles. The fourth-order valence-corrected chi connectivity index (χ4v) is 1.40. The van der Waals surface area contributed by atoms with E-state index >= 15 is 0 Å². The quantitative estimate of drug-likeness (QED) is 0.782. The molecule has 0 aliphatic heterocycles. The third-order valence-corrected chi connectivity index (χ3v) is 2.24. The average molecular weight is 217 g/mol. The average Bonchev–Trinajstić information content (AvgIpc) is 2.31. The van der Waals surface area contributed by atoms with Crippen molar-refractivity contribution < 1.29 is 9.18 Å². The maximum atomic E-state index is 12.7. The second-order valence-electron chi connectivity index (χ2n) is 3.30. The van der Waals surface area contributed by atoms with Crippen molar-refractivity contribution in [1.29, 1.82) is 0 Å². The third kappa shape index (κ3) is 1.91. The van der Waals surface area contributed by atoms with Gasteiger partial charge in [-0.05, 0) is 29.3 Å². The van der Waals surface area contributed by atoms with Gasteiger partial charge in [0.25, 0.3) is 5.56 Å². The Hall–Kier alpha value is -2.23. The second-order valence-corrected chi connectivity index (χ2v) is 3.30. The monoisotopic (exact) mass is 217 g/mol. The molecule has 0 spiro atoms. The summed E-state index contributed by atoms with van der Waals surface area (Å²) in [6.45, 7) is 0. The number of benzene rings is 1. The van der Waals surface area contributed by atoms with Crippen LogP contribution in [0.2, 0.25) is 0 Å². The van der Waals surface area contributed by atoms with Crippen molar-refractivity contribution in [3.05, 3.63) is 58.3 Å². The largest absolute Gasteiger partial charge is 0.328 e. The molecule has 4 heteroatoms. The van der Waals surface area contributed by atoms with Crippen LogP contribution < -0.4 is 5.56 Å². The van der Waals surface area contributed by atoms with E-state index in [4.69, 9.17) is 0 Å². The lowest BCUT2D eigenvalue weighted by Gasteiger charge is -2.01. The second kappa shape index (κ2) is 4.10. The molecular weight excluding hydrogens is 209 g/mol. The smallest absolute Gasteiger partial charge is 0.258 e. The summed E-state index contributed by atoms with van der Waals surface area (Å²) in [7, 11) is 0. The predicted molar refractivity (Wildman–Crippen MR) is 57.8 cm³/mol. The van der Waals surface area contributed by atoms with E-state index in [-0.39, 0.29) is 11.4 Å². The van der Waals surface area contributed by atoms with Gasteiger partial charge in [-0.25, -0.2) is 4.39 Å². The summed E-state index contributed by atoms with van der Waals surface area (Å²) < 4.78 is 12.7. The van der Waals surface area contributed by atoms with Crippen LogP contribution in [0.1, 0.15) is 10.4 Å². The minimum Gasteiger partial charge on any atom is -0.328 e. The lowest BCUT2D eigenvalue weighted by molar-refractivity contribution is 0.112. The molecule has 0 fully saturated rings. The summed E-state index contributed by atoms with van der Waals surface area (Å²) in [5.41, 5.74) is 1.03. The van der Waals surface area contributed by atoms with Gasteiger partial charge < -0.3 is 4.98 Å². The molecule has 1 N–H and O–H groups in total. The highest BCUT2D eigenvalue weighted by atomic mass is 19.1. The van der Waals surface area contributed by atoms with Crippen LogP contribution in [0.15, 0.2) is 41.3 Å². The zero-order chi connectivity index (χ0) is 11.5. The summed E-state index contributed by atoms with van der Waals surface area (Å²) in [5.74, 6) is -0.330. The zero-order valence-electron chi connectivity index (χ0n) is 8.24. The van der Waals surface area contributed by atoms with Gasteiger partial charge >= 0.3 is 0 Å². The summed E-state index contributed by atoms with van der Waals surface area (Å²) >= 11 is 0. The van der Waals surface area contributed by atoms with Crippen LogP contribution in [0, 0.1) is 5.82 Å². The molecule has 0 radical (unpaired) electrons. The standard InChI is InChI=1S/C12H8FNO2/c13-11-3-1-8(2-4-11)9-5-10(7-15)12(16)14-6-9/h1-7H,(H,14,16). The number of halogens is 1. The molecule has 80 valence electrons. The molecule has 1 heterocycles. The molecule has 2 aromatic rings. The lowest BCUT2D eigenvalue weighted by atomic mass is 10.1. The number of rotatable bonds is 2. The van der Waals surface area contributed by atoms with Crippen LogP contribution >= 0.6 is 0 Å². The number of hydrogen-bond acceptors (Lipinski definition) is 2. The normalized spacial score (nSPS) is 10.1. The number of aldehydes is 1. The van der Waals surface area contributed by atoms with Crippen LogP contribution in [0.3, 0.4) is 0 Å². The van der Waals surface area contributed by atoms with Crippen molar-refractivity contribution in [2.75, 3.05) is 0 Å². The molecule has 2 rings (SSSR count). The molecule has 1 aromatic carbocycles. The van der Waals surface area contributed by atoms with E-state index < -0.39 is 5.56 Å². The predicted octanol–water partition coefficient (Wildman–Crippen LogP) is 1.99. The van der Waals surface area contributed by atoms with Crippen molar-refractivity contribution in [3.63, 3.8) is 0 Å². The Morgan fingerprint density at radius 3 is 2.44 bits per heavy atom. The SMILES string of the molecule is O=Cc1cc(-c2ccc(F)cc2)c[nH]c1=O. The van der Waals surface area contributed by atoms with E-state index in [2.05, 4.69) is 4.98 Å². The van der Waals surface area contributed by atoms with Crippen molar-refractivity contribution in [2.24, 2.45) is 0 Å². The molecule has 3 nitrogen and oxygen atoms in total.